The van der Waals surface area contributed by atoms with Gasteiger partial charge in [0, 0.05) is 12.5 Å². The van der Waals surface area contributed by atoms with Crippen molar-refractivity contribution in [2.75, 3.05) is 13.1 Å². The molecular weight excluding hydrogens is 380 g/mol. The number of urea groups is 1. The van der Waals surface area contributed by atoms with Gasteiger partial charge in [-0.2, -0.15) is 0 Å². The van der Waals surface area contributed by atoms with Gasteiger partial charge in [-0.3, -0.25) is 15.0 Å². The number of fused-ring (bicyclic) bond motifs is 1. The Labute approximate surface area is 175 Å². The van der Waals surface area contributed by atoms with Gasteiger partial charge in [0.05, 0.1) is 6.04 Å². The number of carbonyl (C=O) groups is 2. The quantitative estimate of drug-likeness (QED) is 0.678. The van der Waals surface area contributed by atoms with Crippen LogP contribution in [-0.2, 0) is 11.3 Å². The number of hydrogen-bond donors (Lipinski definition) is 2. The Kier molecular flexibility index (Phi) is 6.09. The largest absolute Gasteiger partial charge is 0.440 e. The predicted molar refractivity (Wildman–Crippen MR) is 114 cm³/mol. The molecule has 4 rings (SSSR count). The Morgan fingerprint density at radius 1 is 1.10 bits per heavy atom. The van der Waals surface area contributed by atoms with E-state index in [1.165, 1.54) is 0 Å². The van der Waals surface area contributed by atoms with Gasteiger partial charge in [-0.1, -0.05) is 42.5 Å². The van der Waals surface area contributed by atoms with Gasteiger partial charge in [-0.05, 0) is 50.6 Å². The summed E-state index contributed by atoms with van der Waals surface area (Å²) in [6.45, 7) is 3.72. The van der Waals surface area contributed by atoms with Crippen molar-refractivity contribution < 1.29 is 14.0 Å². The summed E-state index contributed by atoms with van der Waals surface area (Å²) in [6, 6.07) is 16.5. The van der Waals surface area contributed by atoms with E-state index in [4.69, 9.17) is 4.42 Å². The van der Waals surface area contributed by atoms with Crippen molar-refractivity contribution in [2.45, 2.75) is 38.3 Å². The van der Waals surface area contributed by atoms with Gasteiger partial charge in [-0.25, -0.2) is 9.78 Å². The van der Waals surface area contributed by atoms with Crippen LogP contribution in [0.25, 0.3) is 11.1 Å². The van der Waals surface area contributed by atoms with E-state index in [-0.39, 0.29) is 17.9 Å². The summed E-state index contributed by atoms with van der Waals surface area (Å²) in [6.07, 6.45) is 1.73. The Hall–Kier alpha value is -3.19. The standard InChI is InChI=1S/C23H26N4O3/c1-16(21(28)26-23(29)24-15-17-7-3-2-4-8-17)27-13-11-18(12-14-27)22-25-19-9-5-6-10-20(19)30-22/h2-10,16,18H,11-15H2,1H3,(H2,24,26,28,29). The van der Waals surface area contributed by atoms with Gasteiger partial charge in [0.1, 0.15) is 5.52 Å². The monoisotopic (exact) mass is 406 g/mol. The summed E-state index contributed by atoms with van der Waals surface area (Å²) in [5, 5.41) is 5.17. The number of piperidine rings is 1. The molecule has 1 aromatic heterocycles. The molecule has 1 fully saturated rings. The summed E-state index contributed by atoms with van der Waals surface area (Å²) in [5.41, 5.74) is 2.67. The summed E-state index contributed by atoms with van der Waals surface area (Å²) in [4.78, 5) is 31.2. The normalized spacial score (nSPS) is 16.3. The number of para-hydroxylation sites is 2. The Bertz CT molecular complexity index is 976. The molecule has 156 valence electrons. The molecule has 3 amide bonds. The Morgan fingerprint density at radius 2 is 1.80 bits per heavy atom. The van der Waals surface area contributed by atoms with Crippen LogP contribution in [0.4, 0.5) is 4.79 Å². The van der Waals surface area contributed by atoms with Crippen LogP contribution in [0.3, 0.4) is 0 Å². The Morgan fingerprint density at radius 3 is 2.53 bits per heavy atom. The number of hydrogen-bond acceptors (Lipinski definition) is 5. The molecule has 1 unspecified atom stereocenters. The summed E-state index contributed by atoms with van der Waals surface area (Å²) >= 11 is 0. The molecule has 1 aliphatic heterocycles. The molecule has 1 saturated heterocycles. The number of rotatable bonds is 5. The molecule has 2 aromatic carbocycles. The maximum absolute atomic E-state index is 12.5. The molecule has 1 aliphatic rings. The second-order valence-electron chi connectivity index (χ2n) is 7.66. The summed E-state index contributed by atoms with van der Waals surface area (Å²) < 4.78 is 5.90. The summed E-state index contributed by atoms with van der Waals surface area (Å²) in [5.74, 6) is 0.729. The smallest absolute Gasteiger partial charge is 0.321 e. The lowest BCUT2D eigenvalue weighted by molar-refractivity contribution is -0.125. The number of likely N-dealkylation sites (tertiary alicyclic amines) is 1. The zero-order valence-electron chi connectivity index (χ0n) is 17.0. The number of nitrogens with one attached hydrogen (secondary N) is 2. The number of imide groups is 1. The lowest BCUT2D eigenvalue weighted by atomic mass is 9.95. The van der Waals surface area contributed by atoms with E-state index >= 15 is 0 Å². The zero-order chi connectivity index (χ0) is 20.9. The van der Waals surface area contributed by atoms with E-state index in [0.717, 1.165) is 48.5 Å². The highest BCUT2D eigenvalue weighted by Crippen LogP contribution is 2.30. The van der Waals surface area contributed by atoms with Crippen LogP contribution < -0.4 is 10.6 Å². The highest BCUT2D eigenvalue weighted by atomic mass is 16.3. The predicted octanol–water partition coefficient (Wildman–Crippen LogP) is 3.42. The third kappa shape index (κ3) is 4.68. The lowest BCUT2D eigenvalue weighted by Crippen LogP contribution is -2.51. The first-order valence-electron chi connectivity index (χ1n) is 10.3. The van der Waals surface area contributed by atoms with Gasteiger partial charge < -0.3 is 9.73 Å². The number of benzene rings is 2. The maximum atomic E-state index is 12.5. The number of amides is 3. The van der Waals surface area contributed by atoms with Gasteiger partial charge in [0.15, 0.2) is 11.5 Å². The third-order valence-electron chi connectivity index (χ3n) is 5.65. The molecule has 2 N–H and O–H groups in total. The number of carbonyl (C=O) groups excluding carboxylic acids is 2. The molecule has 0 spiro atoms. The van der Waals surface area contributed by atoms with E-state index in [1.54, 1.807) is 0 Å². The van der Waals surface area contributed by atoms with Crippen molar-refractivity contribution in [3.05, 3.63) is 66.1 Å². The van der Waals surface area contributed by atoms with Crippen LogP contribution in [0.2, 0.25) is 0 Å². The molecule has 3 aromatic rings. The molecule has 0 aliphatic carbocycles. The van der Waals surface area contributed by atoms with E-state index in [0.29, 0.717) is 6.54 Å². The first kappa shape index (κ1) is 20.1. The van der Waals surface area contributed by atoms with Crippen molar-refractivity contribution in [1.29, 1.82) is 0 Å². The average molecular weight is 406 g/mol. The topological polar surface area (TPSA) is 87.5 Å². The van der Waals surface area contributed by atoms with Gasteiger partial charge in [0.25, 0.3) is 0 Å². The first-order valence-corrected chi connectivity index (χ1v) is 10.3. The number of nitrogens with zero attached hydrogens (tertiary/aromatic N) is 2. The molecule has 0 bridgehead atoms. The molecule has 0 saturated carbocycles. The average Bonchev–Trinajstić information content (AvgIpc) is 3.22. The van der Waals surface area contributed by atoms with Crippen LogP contribution in [-0.4, -0.2) is 41.0 Å². The van der Waals surface area contributed by atoms with Crippen molar-refractivity contribution in [1.82, 2.24) is 20.5 Å². The summed E-state index contributed by atoms with van der Waals surface area (Å²) in [7, 11) is 0. The van der Waals surface area contributed by atoms with Crippen LogP contribution in [0, 0.1) is 0 Å². The van der Waals surface area contributed by atoms with Crippen molar-refractivity contribution in [3.8, 4) is 0 Å². The van der Waals surface area contributed by atoms with Crippen LogP contribution in [0.15, 0.2) is 59.0 Å². The van der Waals surface area contributed by atoms with Gasteiger partial charge in [0.2, 0.25) is 5.91 Å². The maximum Gasteiger partial charge on any atom is 0.321 e. The van der Waals surface area contributed by atoms with E-state index in [2.05, 4.69) is 20.5 Å². The highest BCUT2D eigenvalue weighted by molar-refractivity contribution is 5.96. The first-order chi connectivity index (χ1) is 14.6. The SMILES string of the molecule is CC(C(=O)NC(=O)NCc1ccccc1)N1CCC(c2nc3ccccc3o2)CC1. The van der Waals surface area contributed by atoms with Crippen LogP contribution in [0.1, 0.15) is 37.1 Å². The van der Waals surface area contributed by atoms with E-state index < -0.39 is 6.03 Å². The van der Waals surface area contributed by atoms with Gasteiger partial charge in [-0.15, -0.1) is 0 Å². The minimum Gasteiger partial charge on any atom is -0.440 e. The lowest BCUT2D eigenvalue weighted by Gasteiger charge is -2.34. The molecule has 7 heteroatoms. The second-order valence-corrected chi connectivity index (χ2v) is 7.66. The third-order valence-corrected chi connectivity index (χ3v) is 5.65. The fourth-order valence-electron chi connectivity index (χ4n) is 3.80. The molecule has 1 atom stereocenters. The van der Waals surface area contributed by atoms with E-state index in [1.807, 2.05) is 61.5 Å². The number of oxazole rings is 1. The Balaban J connectivity index is 1.25. The van der Waals surface area contributed by atoms with E-state index in [9.17, 15) is 9.59 Å². The molecule has 0 radical (unpaired) electrons. The molecular formula is C23H26N4O3. The van der Waals surface area contributed by atoms with Gasteiger partial charge >= 0.3 is 6.03 Å². The van der Waals surface area contributed by atoms with Crippen molar-refractivity contribution in [2.24, 2.45) is 0 Å². The highest BCUT2D eigenvalue weighted by Gasteiger charge is 2.30. The van der Waals surface area contributed by atoms with Crippen LogP contribution >= 0.6 is 0 Å². The minimum absolute atomic E-state index is 0.248. The van der Waals surface area contributed by atoms with Crippen molar-refractivity contribution >= 4 is 23.0 Å². The van der Waals surface area contributed by atoms with Crippen LogP contribution in [0.5, 0.6) is 0 Å². The fraction of sp³-hybridized carbons (Fsp3) is 0.348. The fourth-order valence-corrected chi connectivity index (χ4v) is 3.80. The molecule has 30 heavy (non-hydrogen) atoms. The van der Waals surface area contributed by atoms with Crippen molar-refractivity contribution in [3.63, 3.8) is 0 Å². The second kappa shape index (κ2) is 9.09. The minimum atomic E-state index is -0.475. The molecule has 7 nitrogen and oxygen atoms in total. The molecule has 2 heterocycles. The number of aromatic nitrogens is 1. The zero-order valence-corrected chi connectivity index (χ0v) is 17.0.